The second kappa shape index (κ2) is 12.0. The van der Waals surface area contributed by atoms with Crippen LogP contribution < -0.4 is 0 Å². The molecule has 1 aromatic carbocycles. The third kappa shape index (κ3) is 7.60. The Morgan fingerprint density at radius 3 is 1.86 bits per heavy atom. The van der Waals surface area contributed by atoms with Gasteiger partial charge in [-0.15, -0.1) is 0 Å². The van der Waals surface area contributed by atoms with E-state index in [1.165, 1.54) is 17.5 Å². The average Bonchev–Trinajstić information content (AvgIpc) is 2.23. The maximum atomic E-state index is 3.69. The van der Waals surface area contributed by atoms with Gasteiger partial charge >= 0.3 is 0 Å². The van der Waals surface area contributed by atoms with E-state index in [9.17, 15) is 0 Å². The fraction of sp³-hybridized carbons (Fsp3) is 0.429. The average molecular weight is 192 g/mol. The van der Waals surface area contributed by atoms with Gasteiger partial charge in [0.2, 0.25) is 0 Å². The summed E-state index contributed by atoms with van der Waals surface area (Å²) in [6, 6.07) is 8.19. The fourth-order valence-corrected chi connectivity index (χ4v) is 0.816. The highest BCUT2D eigenvalue weighted by atomic mass is 13.9. The Morgan fingerprint density at radius 1 is 1.14 bits per heavy atom. The zero-order valence-electron chi connectivity index (χ0n) is 10.3. The van der Waals surface area contributed by atoms with Crippen LogP contribution in [0, 0.1) is 6.92 Å². The number of aryl methyl sites for hydroxylation is 1. The lowest BCUT2D eigenvalue weighted by Crippen LogP contribution is -1.75. The predicted octanol–water partition coefficient (Wildman–Crippen LogP) is 5.08. The first-order valence-electron chi connectivity index (χ1n) is 5.44. The Hall–Kier alpha value is -1.04. The van der Waals surface area contributed by atoms with Crippen LogP contribution in [0.4, 0.5) is 0 Å². The molecule has 1 aromatic rings. The molecule has 0 saturated heterocycles. The van der Waals surface area contributed by atoms with Crippen LogP contribution in [0.3, 0.4) is 0 Å². The van der Waals surface area contributed by atoms with Gasteiger partial charge in [-0.2, -0.15) is 0 Å². The van der Waals surface area contributed by atoms with E-state index in [-0.39, 0.29) is 0 Å². The molecule has 0 aromatic heterocycles. The minimum atomic E-state index is 1.22. The smallest absolute Gasteiger partial charge is 0.0233 e. The van der Waals surface area contributed by atoms with Crippen LogP contribution >= 0.6 is 0 Å². The quantitative estimate of drug-likeness (QED) is 0.582. The van der Waals surface area contributed by atoms with Gasteiger partial charge in [-0.25, -0.2) is 0 Å². The number of hydrogen-bond acceptors (Lipinski definition) is 0. The van der Waals surface area contributed by atoms with Crippen molar-refractivity contribution in [1.29, 1.82) is 0 Å². The number of rotatable bonds is 1. The maximum absolute atomic E-state index is 3.69. The molecule has 0 unspecified atom stereocenters. The molecule has 0 heteroatoms. The van der Waals surface area contributed by atoms with E-state index in [0.717, 1.165) is 0 Å². The summed E-state index contributed by atoms with van der Waals surface area (Å²) >= 11 is 0. The maximum Gasteiger partial charge on any atom is -0.0233 e. The molecule has 0 aliphatic rings. The third-order valence-electron chi connectivity index (χ3n) is 1.41. The van der Waals surface area contributed by atoms with Gasteiger partial charge < -0.3 is 0 Å². The van der Waals surface area contributed by atoms with Gasteiger partial charge in [0.25, 0.3) is 0 Å². The van der Waals surface area contributed by atoms with Crippen LogP contribution in [-0.2, 0) is 0 Å². The molecule has 0 heterocycles. The molecule has 0 radical (unpaired) electrons. The van der Waals surface area contributed by atoms with E-state index in [0.29, 0.717) is 0 Å². The summed E-state index contributed by atoms with van der Waals surface area (Å²) < 4.78 is 0. The zero-order valence-corrected chi connectivity index (χ0v) is 10.3. The summed E-state index contributed by atoms with van der Waals surface area (Å²) in [7, 11) is 0. The summed E-state index contributed by atoms with van der Waals surface area (Å²) in [5, 5.41) is 0. The Labute approximate surface area is 89.7 Å². The van der Waals surface area contributed by atoms with Crippen molar-refractivity contribution in [2.45, 2.75) is 41.0 Å². The molecule has 0 atom stereocenters. The van der Waals surface area contributed by atoms with Crippen LogP contribution in [0.1, 0.15) is 45.2 Å². The SMILES string of the molecule is C=Cc1ccccc1C.CC.CCC. The highest BCUT2D eigenvalue weighted by molar-refractivity contribution is 5.50. The van der Waals surface area contributed by atoms with Gasteiger partial charge in [-0.1, -0.05) is 71.0 Å². The van der Waals surface area contributed by atoms with E-state index in [1.807, 2.05) is 32.1 Å². The summed E-state index contributed by atoms with van der Waals surface area (Å²) in [6.07, 6.45) is 3.12. The summed E-state index contributed by atoms with van der Waals surface area (Å²) in [5.41, 5.74) is 2.50. The van der Waals surface area contributed by atoms with E-state index < -0.39 is 0 Å². The molecule has 0 aliphatic heterocycles. The van der Waals surface area contributed by atoms with Crippen molar-refractivity contribution in [3.05, 3.63) is 42.0 Å². The number of benzene rings is 1. The van der Waals surface area contributed by atoms with Gasteiger partial charge in [0, 0.05) is 0 Å². The fourth-order valence-electron chi connectivity index (χ4n) is 0.816. The normalized spacial score (nSPS) is 7.50. The third-order valence-corrected chi connectivity index (χ3v) is 1.41. The first kappa shape index (κ1) is 15.4. The van der Waals surface area contributed by atoms with Gasteiger partial charge in [0.15, 0.2) is 0 Å². The first-order chi connectivity index (χ1) is 6.76. The van der Waals surface area contributed by atoms with Crippen LogP contribution in [0.15, 0.2) is 30.8 Å². The molecule has 0 fully saturated rings. The molecule has 0 spiro atoms. The summed E-state index contributed by atoms with van der Waals surface area (Å²) in [6.45, 7) is 14.0. The minimum absolute atomic E-state index is 1.22. The van der Waals surface area contributed by atoms with Crippen molar-refractivity contribution in [2.24, 2.45) is 0 Å². The van der Waals surface area contributed by atoms with E-state index >= 15 is 0 Å². The lowest BCUT2D eigenvalue weighted by molar-refractivity contribution is 1.09. The molecule has 14 heavy (non-hydrogen) atoms. The standard InChI is InChI=1S/C9H10.C3H8.C2H6/c1-3-9-7-5-4-6-8(9)2;1-3-2;1-2/h3-7H,1H2,2H3;3H2,1-2H3;1-2H3. The lowest BCUT2D eigenvalue weighted by atomic mass is 10.1. The molecular weight excluding hydrogens is 168 g/mol. The molecular formula is C14H24. The Balaban J connectivity index is 0. The van der Waals surface area contributed by atoms with Crippen LogP contribution in [0.2, 0.25) is 0 Å². The van der Waals surface area contributed by atoms with Gasteiger partial charge in [-0.05, 0) is 18.1 Å². The van der Waals surface area contributed by atoms with Gasteiger partial charge in [0.05, 0.1) is 0 Å². The van der Waals surface area contributed by atoms with Crippen LogP contribution in [-0.4, -0.2) is 0 Å². The molecule has 0 nitrogen and oxygen atoms in total. The molecule has 0 N–H and O–H groups in total. The predicted molar refractivity (Wildman–Crippen MR) is 68.6 cm³/mol. The van der Waals surface area contributed by atoms with Crippen molar-refractivity contribution < 1.29 is 0 Å². The highest BCUT2D eigenvalue weighted by Crippen LogP contribution is 2.06. The van der Waals surface area contributed by atoms with Crippen molar-refractivity contribution in [3.8, 4) is 0 Å². The van der Waals surface area contributed by atoms with Crippen LogP contribution in [0.25, 0.3) is 6.08 Å². The van der Waals surface area contributed by atoms with E-state index in [4.69, 9.17) is 0 Å². The van der Waals surface area contributed by atoms with Crippen molar-refractivity contribution in [3.63, 3.8) is 0 Å². The van der Waals surface area contributed by atoms with Gasteiger partial charge in [0.1, 0.15) is 0 Å². The van der Waals surface area contributed by atoms with Crippen molar-refractivity contribution >= 4 is 6.08 Å². The molecule has 0 bridgehead atoms. The molecule has 0 aliphatic carbocycles. The lowest BCUT2D eigenvalue weighted by Gasteiger charge is -1.95. The number of hydrogen-bond donors (Lipinski definition) is 0. The molecule has 80 valence electrons. The second-order valence-corrected chi connectivity index (χ2v) is 2.77. The summed E-state index contributed by atoms with van der Waals surface area (Å²) in [5.74, 6) is 0. The van der Waals surface area contributed by atoms with Crippen LogP contribution in [0.5, 0.6) is 0 Å². The Bertz CT molecular complexity index is 223. The van der Waals surface area contributed by atoms with E-state index in [2.05, 4.69) is 39.5 Å². The Kier molecular flexibility index (Phi) is 13.2. The summed E-state index contributed by atoms with van der Waals surface area (Å²) in [4.78, 5) is 0. The Morgan fingerprint density at radius 2 is 1.57 bits per heavy atom. The minimum Gasteiger partial charge on any atom is -0.0985 e. The molecule has 0 saturated carbocycles. The highest BCUT2D eigenvalue weighted by Gasteiger charge is 1.86. The van der Waals surface area contributed by atoms with Crippen molar-refractivity contribution in [1.82, 2.24) is 0 Å². The monoisotopic (exact) mass is 192 g/mol. The van der Waals surface area contributed by atoms with Crippen molar-refractivity contribution in [2.75, 3.05) is 0 Å². The molecule has 0 amide bonds. The topological polar surface area (TPSA) is 0 Å². The molecule has 1 rings (SSSR count). The van der Waals surface area contributed by atoms with Gasteiger partial charge in [-0.3, -0.25) is 0 Å². The largest absolute Gasteiger partial charge is 0.0985 e. The zero-order chi connectivity index (χ0) is 11.4. The second-order valence-electron chi connectivity index (χ2n) is 2.77. The first-order valence-corrected chi connectivity index (χ1v) is 5.44. The van der Waals surface area contributed by atoms with E-state index in [1.54, 1.807) is 0 Å².